The number of ketones is 1. The number of hydrogen-bond acceptors (Lipinski definition) is 3. The van der Waals surface area contributed by atoms with Gasteiger partial charge in [-0.15, -0.1) is 0 Å². The fourth-order valence-electron chi connectivity index (χ4n) is 2.84. The van der Waals surface area contributed by atoms with E-state index >= 15 is 0 Å². The molecular weight excluding hydrogens is 338 g/mol. The molecule has 3 aromatic rings. The average molecular weight is 350 g/mol. The third-order valence-corrected chi connectivity index (χ3v) is 4.34. The van der Waals surface area contributed by atoms with Crippen LogP contribution < -0.4 is 5.63 Å². The Morgan fingerprint density at radius 3 is 2.52 bits per heavy atom. The second-order valence-electron chi connectivity index (χ2n) is 5.63. The molecule has 1 N–H and O–H groups in total. The number of halogens is 1. The monoisotopic (exact) mass is 349 g/mol. The van der Waals surface area contributed by atoms with Crippen LogP contribution in [0.3, 0.4) is 0 Å². The van der Waals surface area contributed by atoms with Crippen LogP contribution >= 0.6 is 11.6 Å². The summed E-state index contributed by atoms with van der Waals surface area (Å²) in [6.07, 6.45) is 4.86. The molecule has 4 nitrogen and oxygen atoms in total. The maximum absolute atomic E-state index is 12.4. The number of aromatic nitrogens is 1. The molecular formula is C20H12ClNO3. The van der Waals surface area contributed by atoms with Gasteiger partial charge in [-0.05, 0) is 35.4 Å². The summed E-state index contributed by atoms with van der Waals surface area (Å²) in [7, 11) is 0. The average Bonchev–Trinajstić information content (AvgIpc) is 2.99. The van der Waals surface area contributed by atoms with E-state index in [-0.39, 0.29) is 5.78 Å². The molecule has 25 heavy (non-hydrogen) atoms. The molecule has 0 radical (unpaired) electrons. The number of allylic oxidation sites excluding steroid dienone is 2. The minimum absolute atomic E-state index is 0.152. The minimum Gasteiger partial charge on any atom is -0.338 e. The van der Waals surface area contributed by atoms with E-state index in [0.717, 1.165) is 16.7 Å². The zero-order chi connectivity index (χ0) is 17.4. The van der Waals surface area contributed by atoms with Gasteiger partial charge in [0.15, 0.2) is 5.78 Å². The van der Waals surface area contributed by atoms with Gasteiger partial charge in [-0.25, -0.2) is 9.95 Å². The van der Waals surface area contributed by atoms with Crippen LogP contribution in [0.5, 0.6) is 0 Å². The van der Waals surface area contributed by atoms with E-state index in [1.807, 2.05) is 24.3 Å². The number of carbonyl (C=O) groups excluding carboxylic acids is 1. The Balaban J connectivity index is 1.89. The van der Waals surface area contributed by atoms with Crippen molar-refractivity contribution in [3.05, 3.63) is 86.7 Å². The number of rotatable bonds is 2. The highest BCUT2D eigenvalue weighted by Gasteiger charge is 2.20. The lowest BCUT2D eigenvalue weighted by atomic mass is 9.90. The highest BCUT2D eigenvalue weighted by Crippen LogP contribution is 2.30. The van der Waals surface area contributed by atoms with Crippen molar-refractivity contribution in [2.45, 2.75) is 0 Å². The Morgan fingerprint density at radius 1 is 0.960 bits per heavy atom. The van der Waals surface area contributed by atoms with Gasteiger partial charge in [-0.3, -0.25) is 4.79 Å². The first kappa shape index (κ1) is 15.4. The third kappa shape index (κ3) is 2.77. The summed E-state index contributed by atoms with van der Waals surface area (Å²) in [5.41, 5.74) is 3.20. The van der Waals surface area contributed by atoms with Gasteiger partial charge in [0, 0.05) is 16.2 Å². The first-order chi connectivity index (χ1) is 12.1. The SMILES string of the molecule is O=C1C=Cc2ccccc2/C1=C\c1c(-c2ccc(Cl)cc2)[nH]oc1=O. The van der Waals surface area contributed by atoms with Crippen molar-refractivity contribution in [3.63, 3.8) is 0 Å². The third-order valence-electron chi connectivity index (χ3n) is 4.09. The Labute approximate surface area is 148 Å². The number of H-pyrrole nitrogens is 1. The molecule has 0 amide bonds. The van der Waals surface area contributed by atoms with Crippen LogP contribution in [-0.2, 0) is 4.79 Å². The fraction of sp³-hybridized carbons (Fsp3) is 0. The van der Waals surface area contributed by atoms with E-state index in [2.05, 4.69) is 5.16 Å². The molecule has 1 heterocycles. The highest BCUT2D eigenvalue weighted by atomic mass is 35.5. The van der Waals surface area contributed by atoms with Crippen LogP contribution in [-0.4, -0.2) is 10.9 Å². The lowest BCUT2D eigenvalue weighted by molar-refractivity contribution is -0.109. The number of benzene rings is 2. The standard InChI is InChI=1S/C20H12ClNO3/c21-14-8-5-13(6-9-14)19-17(20(24)25-22-19)11-16-15-4-2-1-3-12(15)7-10-18(16)23/h1-11,22H/b16-11+. The van der Waals surface area contributed by atoms with Gasteiger partial charge in [0.05, 0.1) is 11.3 Å². The van der Waals surface area contributed by atoms with Crippen LogP contribution in [0.1, 0.15) is 16.7 Å². The molecule has 0 spiro atoms. The number of nitrogens with one attached hydrogen (secondary N) is 1. The van der Waals surface area contributed by atoms with Crippen molar-refractivity contribution >= 4 is 35.1 Å². The molecule has 0 saturated heterocycles. The van der Waals surface area contributed by atoms with Gasteiger partial charge in [0.1, 0.15) is 0 Å². The normalized spacial score (nSPS) is 14.8. The molecule has 0 saturated carbocycles. The number of aromatic amines is 1. The molecule has 0 aliphatic heterocycles. The summed E-state index contributed by atoms with van der Waals surface area (Å²) in [6.45, 7) is 0. The lowest BCUT2D eigenvalue weighted by Gasteiger charge is -2.12. The maximum atomic E-state index is 12.4. The van der Waals surface area contributed by atoms with Gasteiger partial charge in [-0.1, -0.05) is 54.1 Å². The Hall–Kier alpha value is -3.11. The predicted molar refractivity (Wildman–Crippen MR) is 98.1 cm³/mol. The zero-order valence-corrected chi connectivity index (χ0v) is 13.7. The van der Waals surface area contributed by atoms with E-state index in [1.165, 1.54) is 6.08 Å². The van der Waals surface area contributed by atoms with Crippen molar-refractivity contribution in [3.8, 4) is 11.3 Å². The minimum atomic E-state index is -0.530. The summed E-state index contributed by atoms with van der Waals surface area (Å²) in [4.78, 5) is 24.5. The van der Waals surface area contributed by atoms with E-state index in [9.17, 15) is 9.59 Å². The summed E-state index contributed by atoms with van der Waals surface area (Å²) < 4.78 is 4.96. The fourth-order valence-corrected chi connectivity index (χ4v) is 2.97. The summed E-state index contributed by atoms with van der Waals surface area (Å²) >= 11 is 5.92. The van der Waals surface area contributed by atoms with Crippen molar-refractivity contribution in [2.75, 3.05) is 0 Å². The Morgan fingerprint density at radius 2 is 1.72 bits per heavy atom. The molecule has 1 aromatic heterocycles. The molecule has 2 aromatic carbocycles. The Bertz CT molecular complexity index is 1080. The quantitative estimate of drug-likeness (QED) is 0.696. The molecule has 122 valence electrons. The summed E-state index contributed by atoms with van der Waals surface area (Å²) in [5, 5.41) is 3.23. The van der Waals surface area contributed by atoms with Gasteiger partial charge in [0.25, 0.3) is 0 Å². The first-order valence-electron chi connectivity index (χ1n) is 7.64. The van der Waals surface area contributed by atoms with Crippen LogP contribution in [0.25, 0.3) is 29.0 Å². The van der Waals surface area contributed by atoms with E-state index in [0.29, 0.717) is 21.9 Å². The van der Waals surface area contributed by atoms with Crippen LogP contribution in [0.4, 0.5) is 0 Å². The van der Waals surface area contributed by atoms with Crippen molar-refractivity contribution < 1.29 is 9.32 Å². The smallest absolute Gasteiger partial charge is 0.338 e. The van der Waals surface area contributed by atoms with Gasteiger partial charge in [-0.2, -0.15) is 0 Å². The molecule has 1 aliphatic rings. The number of carbonyl (C=O) groups is 1. The lowest BCUT2D eigenvalue weighted by Crippen LogP contribution is -2.06. The zero-order valence-electron chi connectivity index (χ0n) is 13.0. The van der Waals surface area contributed by atoms with Gasteiger partial charge < -0.3 is 4.52 Å². The van der Waals surface area contributed by atoms with Crippen LogP contribution in [0.15, 0.2) is 63.9 Å². The van der Waals surface area contributed by atoms with Gasteiger partial charge in [0.2, 0.25) is 0 Å². The summed E-state index contributed by atoms with van der Waals surface area (Å²) in [6, 6.07) is 14.6. The molecule has 1 aliphatic carbocycles. The maximum Gasteiger partial charge on any atom is 0.365 e. The predicted octanol–water partition coefficient (Wildman–Crippen LogP) is 4.42. The largest absolute Gasteiger partial charge is 0.365 e. The Kier molecular flexibility index (Phi) is 3.75. The molecule has 0 unspecified atom stereocenters. The van der Waals surface area contributed by atoms with Crippen molar-refractivity contribution in [1.82, 2.24) is 5.16 Å². The molecule has 4 rings (SSSR count). The number of fused-ring (bicyclic) bond motifs is 1. The highest BCUT2D eigenvalue weighted by molar-refractivity contribution is 6.33. The second-order valence-corrected chi connectivity index (χ2v) is 6.07. The second kappa shape index (κ2) is 6.07. The first-order valence-corrected chi connectivity index (χ1v) is 8.02. The van der Waals surface area contributed by atoms with E-state index in [4.69, 9.17) is 16.1 Å². The van der Waals surface area contributed by atoms with E-state index < -0.39 is 5.63 Å². The molecule has 5 heteroatoms. The van der Waals surface area contributed by atoms with E-state index in [1.54, 1.807) is 36.4 Å². The van der Waals surface area contributed by atoms with Crippen molar-refractivity contribution in [2.24, 2.45) is 0 Å². The van der Waals surface area contributed by atoms with Crippen LogP contribution in [0.2, 0.25) is 5.02 Å². The molecule has 0 bridgehead atoms. The topological polar surface area (TPSA) is 63.1 Å². The van der Waals surface area contributed by atoms with Gasteiger partial charge >= 0.3 is 5.63 Å². The molecule has 0 fully saturated rings. The number of hydrogen-bond donors (Lipinski definition) is 1. The summed E-state index contributed by atoms with van der Waals surface area (Å²) in [5.74, 6) is -0.152. The van der Waals surface area contributed by atoms with Crippen LogP contribution in [0, 0.1) is 0 Å². The van der Waals surface area contributed by atoms with Crippen molar-refractivity contribution in [1.29, 1.82) is 0 Å². The molecule has 0 atom stereocenters.